The molecule has 0 spiro atoms. The number of carboxylic acid groups (broad SMARTS) is 1. The van der Waals surface area contributed by atoms with Gasteiger partial charge in [-0.15, -0.1) is 0 Å². The molecule has 0 fully saturated rings. The van der Waals surface area contributed by atoms with Crippen LogP contribution in [0.1, 0.15) is 26.7 Å². The summed E-state index contributed by atoms with van der Waals surface area (Å²) in [4.78, 5) is 22.0. The zero-order valence-electron chi connectivity index (χ0n) is 11.1. The predicted molar refractivity (Wildman–Crippen MR) is 70.7 cm³/mol. The first-order valence-electron chi connectivity index (χ1n) is 5.95. The summed E-state index contributed by atoms with van der Waals surface area (Å²) in [7, 11) is 1.23. The molecule has 0 radical (unpaired) electrons. The second kappa shape index (κ2) is 6.08. The first kappa shape index (κ1) is 14.6. The summed E-state index contributed by atoms with van der Waals surface area (Å²) in [6.45, 7) is 0.0942. The molecule has 0 amide bonds. The number of anilines is 1. The van der Waals surface area contributed by atoms with Crippen molar-refractivity contribution in [1.82, 2.24) is 0 Å². The van der Waals surface area contributed by atoms with Crippen molar-refractivity contribution in [2.45, 2.75) is 6.54 Å². The summed E-state index contributed by atoms with van der Waals surface area (Å²) in [6.07, 6.45) is 0. The normalized spacial score (nSPS) is 10.2. The molecule has 0 unspecified atom stereocenters. The third kappa shape index (κ3) is 3.38. The Morgan fingerprint density at radius 2 is 2.10 bits per heavy atom. The Kier molecular flexibility index (Phi) is 4.22. The molecule has 0 atom stereocenters. The van der Waals surface area contributed by atoms with Crippen LogP contribution in [-0.4, -0.2) is 24.2 Å². The van der Waals surface area contributed by atoms with Crippen molar-refractivity contribution >= 4 is 17.6 Å². The maximum Gasteiger partial charge on any atom is 0.373 e. The maximum absolute atomic E-state index is 13.6. The van der Waals surface area contributed by atoms with Crippen molar-refractivity contribution in [1.29, 1.82) is 0 Å². The van der Waals surface area contributed by atoms with Gasteiger partial charge in [0.15, 0.2) is 0 Å². The molecule has 2 aromatic rings. The number of nitrogens with one attached hydrogen (secondary N) is 1. The van der Waals surface area contributed by atoms with E-state index in [0.717, 1.165) is 6.07 Å². The molecule has 21 heavy (non-hydrogen) atoms. The van der Waals surface area contributed by atoms with Crippen molar-refractivity contribution in [2.24, 2.45) is 0 Å². The molecule has 0 aliphatic rings. The van der Waals surface area contributed by atoms with Gasteiger partial charge in [0, 0.05) is 0 Å². The highest BCUT2D eigenvalue weighted by Gasteiger charge is 2.12. The van der Waals surface area contributed by atoms with Crippen LogP contribution in [0.25, 0.3) is 0 Å². The summed E-state index contributed by atoms with van der Waals surface area (Å²) in [5.74, 6) is -1.92. The fraction of sp³-hybridized carbons (Fsp3) is 0.143. The second-order valence-corrected chi connectivity index (χ2v) is 4.11. The van der Waals surface area contributed by atoms with Gasteiger partial charge in [-0.25, -0.2) is 14.0 Å². The molecule has 2 N–H and O–H groups in total. The lowest BCUT2D eigenvalue weighted by molar-refractivity contribution is 0.0562. The third-order valence-corrected chi connectivity index (χ3v) is 2.71. The van der Waals surface area contributed by atoms with Crippen LogP contribution in [0.3, 0.4) is 0 Å². The van der Waals surface area contributed by atoms with E-state index in [2.05, 4.69) is 10.1 Å². The minimum absolute atomic E-state index is 0.0333. The van der Waals surface area contributed by atoms with E-state index in [4.69, 9.17) is 9.52 Å². The minimum Gasteiger partial charge on any atom is -0.478 e. The average Bonchev–Trinajstić information content (AvgIpc) is 2.94. The standard InChI is InChI=1S/C14H12FNO5/c1-20-14(19)12-5-3-9(21-12)7-16-11-6-8(13(17)18)2-4-10(11)15/h2-6,16H,7H2,1H3,(H,17,18). The number of carbonyl (C=O) groups excluding carboxylic acids is 1. The molecule has 0 bridgehead atoms. The van der Waals surface area contributed by atoms with E-state index in [1.807, 2.05) is 0 Å². The van der Waals surface area contributed by atoms with Crippen LogP contribution in [-0.2, 0) is 11.3 Å². The van der Waals surface area contributed by atoms with Gasteiger partial charge in [-0.2, -0.15) is 0 Å². The Labute approximate surface area is 119 Å². The van der Waals surface area contributed by atoms with Gasteiger partial charge in [0.25, 0.3) is 0 Å². The van der Waals surface area contributed by atoms with E-state index in [-0.39, 0.29) is 23.6 Å². The summed E-state index contributed by atoms with van der Waals surface area (Å²) in [5.41, 5.74) is -0.000451. The first-order valence-corrected chi connectivity index (χ1v) is 5.95. The van der Waals surface area contributed by atoms with Crippen LogP contribution in [0.15, 0.2) is 34.7 Å². The van der Waals surface area contributed by atoms with Crippen LogP contribution < -0.4 is 5.32 Å². The third-order valence-electron chi connectivity index (χ3n) is 2.71. The molecule has 110 valence electrons. The van der Waals surface area contributed by atoms with Gasteiger partial charge in [-0.05, 0) is 30.3 Å². The molecule has 0 saturated heterocycles. The van der Waals surface area contributed by atoms with E-state index in [9.17, 15) is 14.0 Å². The van der Waals surface area contributed by atoms with Crippen molar-refractivity contribution < 1.29 is 28.2 Å². The van der Waals surface area contributed by atoms with E-state index >= 15 is 0 Å². The predicted octanol–water partition coefficient (Wildman–Crippen LogP) is 2.52. The lowest BCUT2D eigenvalue weighted by Gasteiger charge is -2.07. The molecule has 1 aromatic carbocycles. The average molecular weight is 293 g/mol. The number of esters is 1. The van der Waals surface area contributed by atoms with Crippen LogP contribution in [0.2, 0.25) is 0 Å². The highest BCUT2D eigenvalue weighted by molar-refractivity contribution is 5.88. The van der Waals surface area contributed by atoms with Gasteiger partial charge in [0.1, 0.15) is 11.6 Å². The number of hydrogen-bond acceptors (Lipinski definition) is 5. The van der Waals surface area contributed by atoms with Gasteiger partial charge in [0.05, 0.1) is 24.9 Å². The van der Waals surface area contributed by atoms with Crippen LogP contribution in [0.5, 0.6) is 0 Å². The van der Waals surface area contributed by atoms with Gasteiger partial charge < -0.3 is 19.6 Å². The number of aromatic carboxylic acids is 1. The number of benzene rings is 1. The van der Waals surface area contributed by atoms with E-state index in [0.29, 0.717) is 5.76 Å². The lowest BCUT2D eigenvalue weighted by atomic mass is 10.2. The molecule has 7 heteroatoms. The fourth-order valence-electron chi connectivity index (χ4n) is 1.66. The van der Waals surface area contributed by atoms with E-state index < -0.39 is 17.8 Å². The van der Waals surface area contributed by atoms with Crippen molar-refractivity contribution in [3.05, 3.63) is 53.2 Å². The van der Waals surface area contributed by atoms with Gasteiger partial charge in [-0.1, -0.05) is 0 Å². The monoisotopic (exact) mass is 293 g/mol. The Morgan fingerprint density at radius 3 is 2.76 bits per heavy atom. The summed E-state index contributed by atoms with van der Waals surface area (Å²) in [5, 5.41) is 11.6. The number of hydrogen-bond donors (Lipinski definition) is 2. The molecule has 0 saturated carbocycles. The number of carbonyl (C=O) groups is 2. The quantitative estimate of drug-likeness (QED) is 0.823. The van der Waals surface area contributed by atoms with Crippen molar-refractivity contribution in [2.75, 3.05) is 12.4 Å². The van der Waals surface area contributed by atoms with E-state index in [1.54, 1.807) is 0 Å². The van der Waals surface area contributed by atoms with Crippen LogP contribution in [0.4, 0.5) is 10.1 Å². The van der Waals surface area contributed by atoms with Crippen molar-refractivity contribution in [3.63, 3.8) is 0 Å². The SMILES string of the molecule is COC(=O)c1ccc(CNc2cc(C(=O)O)ccc2F)o1. The van der Waals surface area contributed by atoms with Crippen LogP contribution in [0, 0.1) is 5.82 Å². The van der Waals surface area contributed by atoms with Crippen molar-refractivity contribution in [3.8, 4) is 0 Å². The zero-order valence-corrected chi connectivity index (χ0v) is 11.1. The summed E-state index contributed by atoms with van der Waals surface area (Å²) in [6, 6.07) is 6.39. The highest BCUT2D eigenvalue weighted by atomic mass is 19.1. The molecule has 1 heterocycles. The Bertz CT molecular complexity index is 680. The Morgan fingerprint density at radius 1 is 1.33 bits per heavy atom. The topological polar surface area (TPSA) is 88.8 Å². The first-order chi connectivity index (χ1) is 10.0. The van der Waals surface area contributed by atoms with Gasteiger partial charge >= 0.3 is 11.9 Å². The summed E-state index contributed by atoms with van der Waals surface area (Å²) < 4.78 is 23.3. The molecular formula is C14H12FNO5. The molecule has 0 aliphatic carbocycles. The number of methoxy groups -OCH3 is 1. The van der Waals surface area contributed by atoms with E-state index in [1.165, 1.54) is 31.4 Å². The minimum atomic E-state index is -1.15. The van der Waals surface area contributed by atoms with Gasteiger partial charge in [-0.3, -0.25) is 0 Å². The smallest absolute Gasteiger partial charge is 0.373 e. The lowest BCUT2D eigenvalue weighted by Crippen LogP contribution is -2.04. The second-order valence-electron chi connectivity index (χ2n) is 4.11. The number of halogens is 1. The summed E-state index contributed by atoms with van der Waals surface area (Å²) >= 11 is 0. The Hall–Kier alpha value is -2.83. The fourth-order valence-corrected chi connectivity index (χ4v) is 1.66. The molecule has 2 rings (SSSR count). The van der Waals surface area contributed by atoms with Crippen LogP contribution >= 0.6 is 0 Å². The van der Waals surface area contributed by atoms with Gasteiger partial charge in [0.2, 0.25) is 5.76 Å². The highest BCUT2D eigenvalue weighted by Crippen LogP contribution is 2.18. The molecular weight excluding hydrogens is 281 g/mol. The molecule has 0 aliphatic heterocycles. The number of ether oxygens (including phenoxy) is 1. The molecule has 6 nitrogen and oxygen atoms in total. The maximum atomic E-state index is 13.6. The largest absolute Gasteiger partial charge is 0.478 e. The number of furan rings is 1. The number of carboxylic acids is 1. The molecule has 1 aromatic heterocycles. The Balaban J connectivity index is 2.09. The zero-order chi connectivity index (χ0) is 15.4. The number of rotatable bonds is 5.